The van der Waals surface area contributed by atoms with Gasteiger partial charge in [0.1, 0.15) is 11.6 Å². The molecule has 0 bridgehead atoms. The van der Waals surface area contributed by atoms with Crippen LogP contribution in [0.5, 0.6) is 5.75 Å². The Hall–Kier alpha value is -2.39. The number of sulfone groups is 1. The van der Waals surface area contributed by atoms with E-state index in [9.17, 15) is 22.0 Å². The van der Waals surface area contributed by atoms with Gasteiger partial charge in [0.25, 0.3) is 0 Å². The molecule has 0 atom stereocenters. The maximum Gasteiger partial charge on any atom is 0.203 e. The Balaban J connectivity index is 2.33. The molecule has 0 saturated carbocycles. The average molecular weight is 456 g/mol. The number of carbonyl (C=O) groups is 1. The highest BCUT2D eigenvalue weighted by atomic mass is 79.9. The van der Waals surface area contributed by atoms with Crippen LogP contribution in [-0.4, -0.2) is 32.6 Å². The van der Waals surface area contributed by atoms with Gasteiger partial charge in [-0.25, -0.2) is 22.2 Å². The third kappa shape index (κ3) is 3.44. The average Bonchev–Trinajstić information content (AvgIpc) is 2.62. The molecule has 0 aliphatic rings. The zero-order chi connectivity index (χ0) is 19.9. The number of pyridine rings is 1. The van der Waals surface area contributed by atoms with E-state index in [0.29, 0.717) is 0 Å². The van der Waals surface area contributed by atoms with Crippen LogP contribution in [0.15, 0.2) is 45.9 Å². The molecule has 5 nitrogen and oxygen atoms in total. The SMILES string of the molecule is COc1ccc2nc(S(C)(=O)=O)ccc2c1C(=O)c1c(F)ccc(Br)c1F. The van der Waals surface area contributed by atoms with Crippen molar-refractivity contribution in [1.82, 2.24) is 4.98 Å². The van der Waals surface area contributed by atoms with Crippen LogP contribution in [0.25, 0.3) is 10.9 Å². The highest BCUT2D eigenvalue weighted by molar-refractivity contribution is 9.10. The molecule has 27 heavy (non-hydrogen) atoms. The topological polar surface area (TPSA) is 73.3 Å². The van der Waals surface area contributed by atoms with Crippen LogP contribution >= 0.6 is 15.9 Å². The number of hydrogen-bond donors (Lipinski definition) is 0. The van der Waals surface area contributed by atoms with E-state index in [4.69, 9.17) is 4.74 Å². The molecule has 2 aromatic carbocycles. The molecule has 3 rings (SSSR count). The lowest BCUT2D eigenvalue weighted by Crippen LogP contribution is -2.11. The Morgan fingerprint density at radius 1 is 1.07 bits per heavy atom. The van der Waals surface area contributed by atoms with E-state index >= 15 is 0 Å². The largest absolute Gasteiger partial charge is 0.496 e. The zero-order valence-electron chi connectivity index (χ0n) is 14.1. The van der Waals surface area contributed by atoms with Crippen molar-refractivity contribution in [3.05, 3.63) is 63.6 Å². The van der Waals surface area contributed by atoms with Crippen LogP contribution < -0.4 is 4.74 Å². The minimum atomic E-state index is -3.57. The number of rotatable bonds is 4. The number of halogens is 3. The van der Waals surface area contributed by atoms with Gasteiger partial charge in [0.2, 0.25) is 5.78 Å². The van der Waals surface area contributed by atoms with Gasteiger partial charge in [-0.1, -0.05) is 0 Å². The van der Waals surface area contributed by atoms with E-state index in [1.54, 1.807) is 0 Å². The summed E-state index contributed by atoms with van der Waals surface area (Å²) >= 11 is 2.93. The van der Waals surface area contributed by atoms with E-state index < -0.39 is 32.8 Å². The predicted octanol–water partition coefficient (Wildman–Crippen LogP) is 3.92. The summed E-state index contributed by atoms with van der Waals surface area (Å²) < 4.78 is 57.1. The number of fused-ring (bicyclic) bond motifs is 1. The van der Waals surface area contributed by atoms with Gasteiger partial charge < -0.3 is 4.74 Å². The van der Waals surface area contributed by atoms with Crippen LogP contribution in [0, 0.1) is 11.6 Å². The third-order valence-electron chi connectivity index (χ3n) is 3.91. The summed E-state index contributed by atoms with van der Waals surface area (Å²) in [6.45, 7) is 0. The molecule has 1 aromatic heterocycles. The lowest BCUT2D eigenvalue weighted by molar-refractivity contribution is 0.102. The number of ketones is 1. The quantitative estimate of drug-likeness (QED) is 0.440. The number of benzene rings is 2. The first kappa shape index (κ1) is 19.4. The van der Waals surface area contributed by atoms with Crippen molar-refractivity contribution >= 4 is 42.5 Å². The predicted molar refractivity (Wildman–Crippen MR) is 98.9 cm³/mol. The van der Waals surface area contributed by atoms with Crippen molar-refractivity contribution in [3.8, 4) is 5.75 Å². The Bertz CT molecular complexity index is 1200. The molecule has 0 amide bonds. The Morgan fingerprint density at radius 3 is 2.41 bits per heavy atom. The van der Waals surface area contributed by atoms with Crippen molar-refractivity contribution in [3.63, 3.8) is 0 Å². The summed E-state index contributed by atoms with van der Waals surface area (Å²) in [5.41, 5.74) is -0.682. The second kappa shape index (κ2) is 6.97. The molecule has 0 aliphatic heterocycles. The molecule has 9 heteroatoms. The summed E-state index contributed by atoms with van der Waals surface area (Å²) in [6.07, 6.45) is 1.00. The highest BCUT2D eigenvalue weighted by Crippen LogP contribution is 2.32. The highest BCUT2D eigenvalue weighted by Gasteiger charge is 2.26. The van der Waals surface area contributed by atoms with Gasteiger partial charge in [-0.15, -0.1) is 0 Å². The molecule has 0 spiro atoms. The first-order valence-electron chi connectivity index (χ1n) is 7.51. The monoisotopic (exact) mass is 455 g/mol. The van der Waals surface area contributed by atoms with Gasteiger partial charge in [-0.2, -0.15) is 0 Å². The standard InChI is InChI=1S/C18H12BrF2NO4S/c1-26-13-7-6-12-9(3-8-14(22-12)27(2,24)25)15(13)18(23)16-11(20)5-4-10(19)17(16)21/h3-8H,1-2H3. The molecular weight excluding hydrogens is 444 g/mol. The maximum atomic E-state index is 14.4. The minimum Gasteiger partial charge on any atom is -0.496 e. The van der Waals surface area contributed by atoms with E-state index in [0.717, 1.165) is 18.4 Å². The van der Waals surface area contributed by atoms with E-state index in [1.807, 2.05) is 0 Å². The fraction of sp³-hybridized carbons (Fsp3) is 0.111. The van der Waals surface area contributed by atoms with E-state index in [-0.39, 0.29) is 31.7 Å². The molecule has 140 valence electrons. The van der Waals surface area contributed by atoms with Gasteiger partial charge in [0.15, 0.2) is 20.7 Å². The molecule has 0 saturated heterocycles. The lowest BCUT2D eigenvalue weighted by Gasteiger charge is -2.13. The fourth-order valence-electron chi connectivity index (χ4n) is 2.64. The lowest BCUT2D eigenvalue weighted by atomic mass is 9.97. The van der Waals surface area contributed by atoms with Gasteiger partial charge in [-0.3, -0.25) is 4.79 Å². The maximum absolute atomic E-state index is 14.4. The summed E-state index contributed by atoms with van der Waals surface area (Å²) in [4.78, 5) is 17.0. The Morgan fingerprint density at radius 2 is 1.78 bits per heavy atom. The van der Waals surface area contributed by atoms with Gasteiger partial charge in [-0.05, 0) is 52.3 Å². The van der Waals surface area contributed by atoms with Crippen LogP contribution in [-0.2, 0) is 9.84 Å². The van der Waals surface area contributed by atoms with Gasteiger partial charge in [0.05, 0.1) is 28.2 Å². The second-order valence-electron chi connectivity index (χ2n) is 5.68. The molecule has 1 heterocycles. The summed E-state index contributed by atoms with van der Waals surface area (Å²) in [7, 11) is -2.26. The summed E-state index contributed by atoms with van der Waals surface area (Å²) in [5, 5.41) is 0.0314. The number of aromatic nitrogens is 1. The number of nitrogens with zero attached hydrogens (tertiary/aromatic N) is 1. The molecule has 0 unspecified atom stereocenters. The molecule has 0 aliphatic carbocycles. The number of ether oxygens (including phenoxy) is 1. The van der Waals surface area contributed by atoms with Crippen molar-refractivity contribution in [2.45, 2.75) is 5.03 Å². The number of hydrogen-bond acceptors (Lipinski definition) is 5. The van der Waals surface area contributed by atoms with Crippen molar-refractivity contribution in [2.75, 3.05) is 13.4 Å². The van der Waals surface area contributed by atoms with Crippen LogP contribution in [0.4, 0.5) is 8.78 Å². The van der Waals surface area contributed by atoms with Gasteiger partial charge >= 0.3 is 0 Å². The third-order valence-corrected chi connectivity index (χ3v) is 5.51. The first-order chi connectivity index (χ1) is 12.6. The number of carbonyl (C=O) groups excluding carboxylic acids is 1. The van der Waals surface area contributed by atoms with Crippen LogP contribution in [0.1, 0.15) is 15.9 Å². The summed E-state index contributed by atoms with van der Waals surface area (Å²) in [6, 6.07) is 7.57. The first-order valence-corrected chi connectivity index (χ1v) is 10.2. The minimum absolute atomic E-state index is 0.0658. The molecular formula is C18H12BrF2NO4S. The van der Waals surface area contributed by atoms with Gasteiger partial charge in [0, 0.05) is 11.6 Å². The van der Waals surface area contributed by atoms with Crippen molar-refractivity contribution in [1.29, 1.82) is 0 Å². The Labute approximate surface area is 162 Å². The zero-order valence-corrected chi connectivity index (χ0v) is 16.5. The smallest absolute Gasteiger partial charge is 0.203 e. The Kier molecular flexibility index (Phi) is 5.00. The van der Waals surface area contributed by atoms with Crippen LogP contribution in [0.3, 0.4) is 0 Å². The summed E-state index contributed by atoms with van der Waals surface area (Å²) in [5.74, 6) is -2.93. The van der Waals surface area contributed by atoms with Crippen molar-refractivity contribution < 1.29 is 26.7 Å². The van der Waals surface area contributed by atoms with E-state index in [2.05, 4.69) is 20.9 Å². The van der Waals surface area contributed by atoms with Crippen molar-refractivity contribution in [2.24, 2.45) is 0 Å². The molecule has 0 radical (unpaired) electrons. The fourth-order valence-corrected chi connectivity index (χ4v) is 3.55. The molecule has 0 N–H and O–H groups in total. The molecule has 3 aromatic rings. The van der Waals surface area contributed by atoms with E-state index in [1.165, 1.54) is 31.4 Å². The molecule has 0 fully saturated rings. The van der Waals surface area contributed by atoms with Crippen LogP contribution in [0.2, 0.25) is 0 Å². The second-order valence-corrected chi connectivity index (χ2v) is 8.50. The number of methoxy groups -OCH3 is 1. The normalized spacial score (nSPS) is 11.6.